The van der Waals surface area contributed by atoms with E-state index < -0.39 is 0 Å². The molecule has 1 heteroatoms. The Kier molecular flexibility index (Phi) is 5.32. The van der Waals surface area contributed by atoms with Crippen LogP contribution in [0.15, 0.2) is 42.5 Å². The summed E-state index contributed by atoms with van der Waals surface area (Å²) in [5.41, 5.74) is 5.67. The Morgan fingerprint density at radius 3 is 2.33 bits per heavy atom. The molecular weight excluding hydrogens is 256 g/mol. The molecule has 0 heterocycles. The molecule has 110 valence electrons. The van der Waals surface area contributed by atoms with E-state index in [0.717, 1.165) is 12.0 Å². The fraction of sp³-hybridized carbons (Fsp3) is 0.350. The van der Waals surface area contributed by atoms with Gasteiger partial charge in [-0.2, -0.15) is 0 Å². The van der Waals surface area contributed by atoms with Crippen LogP contribution in [0.25, 0.3) is 0 Å². The summed E-state index contributed by atoms with van der Waals surface area (Å²) in [5.74, 6) is 0.214. The molecule has 0 bridgehead atoms. The van der Waals surface area contributed by atoms with Crippen LogP contribution in [0.4, 0.5) is 0 Å². The summed E-state index contributed by atoms with van der Waals surface area (Å²) < 4.78 is 0. The van der Waals surface area contributed by atoms with Gasteiger partial charge in [0.2, 0.25) is 0 Å². The average Bonchev–Trinajstić information content (AvgIpc) is 2.49. The third-order valence-corrected chi connectivity index (χ3v) is 4.05. The molecule has 0 aliphatic heterocycles. The van der Waals surface area contributed by atoms with E-state index in [9.17, 15) is 4.79 Å². The molecule has 0 spiro atoms. The smallest absolute Gasteiger partial charge is 0.167 e. The van der Waals surface area contributed by atoms with Crippen LogP contribution in [0.3, 0.4) is 0 Å². The molecule has 1 nitrogen and oxygen atoms in total. The van der Waals surface area contributed by atoms with Gasteiger partial charge in [-0.05, 0) is 55.0 Å². The van der Waals surface area contributed by atoms with Crippen molar-refractivity contribution in [3.63, 3.8) is 0 Å². The molecule has 2 aromatic carbocycles. The summed E-state index contributed by atoms with van der Waals surface area (Å²) in [6.45, 7) is 6.34. The number of aryl methyl sites for hydroxylation is 3. The SMILES string of the molecule is CCCCc1cccc(C(=O)Cc2c(C)cccc2C)c1. The lowest BCUT2D eigenvalue weighted by atomic mass is 9.94. The quantitative estimate of drug-likeness (QED) is 0.675. The van der Waals surface area contributed by atoms with Gasteiger partial charge in [-0.3, -0.25) is 4.79 Å². The van der Waals surface area contributed by atoms with Crippen molar-refractivity contribution in [1.29, 1.82) is 0 Å². The predicted octanol–water partition coefficient (Wildman–Crippen LogP) is 5.07. The summed E-state index contributed by atoms with van der Waals surface area (Å²) in [4.78, 5) is 12.5. The molecule has 0 aliphatic carbocycles. The van der Waals surface area contributed by atoms with E-state index in [2.05, 4.69) is 45.0 Å². The first-order chi connectivity index (χ1) is 10.1. The van der Waals surface area contributed by atoms with E-state index in [1.54, 1.807) is 0 Å². The molecule has 21 heavy (non-hydrogen) atoms. The zero-order chi connectivity index (χ0) is 15.2. The zero-order valence-electron chi connectivity index (χ0n) is 13.3. The summed E-state index contributed by atoms with van der Waals surface area (Å²) in [7, 11) is 0. The van der Waals surface area contributed by atoms with Crippen LogP contribution in [-0.4, -0.2) is 5.78 Å². The monoisotopic (exact) mass is 280 g/mol. The third-order valence-electron chi connectivity index (χ3n) is 4.05. The molecule has 0 atom stereocenters. The van der Waals surface area contributed by atoms with Crippen LogP contribution in [0, 0.1) is 13.8 Å². The summed E-state index contributed by atoms with van der Waals surface area (Å²) in [6, 6.07) is 14.3. The van der Waals surface area contributed by atoms with E-state index >= 15 is 0 Å². The topological polar surface area (TPSA) is 17.1 Å². The van der Waals surface area contributed by atoms with Crippen LogP contribution in [0.2, 0.25) is 0 Å². The second-order valence-corrected chi connectivity index (χ2v) is 5.77. The van der Waals surface area contributed by atoms with Gasteiger partial charge in [0.15, 0.2) is 5.78 Å². The van der Waals surface area contributed by atoms with Gasteiger partial charge in [0.25, 0.3) is 0 Å². The highest BCUT2D eigenvalue weighted by molar-refractivity contribution is 5.98. The van der Waals surface area contributed by atoms with Crippen LogP contribution in [0.1, 0.15) is 52.4 Å². The average molecular weight is 280 g/mol. The van der Waals surface area contributed by atoms with Crippen molar-refractivity contribution < 1.29 is 4.79 Å². The summed E-state index contributed by atoms with van der Waals surface area (Å²) >= 11 is 0. The number of carbonyl (C=O) groups excluding carboxylic acids is 1. The number of Topliss-reactive ketones (excluding diaryl/α,β-unsaturated/α-hetero) is 1. The molecule has 0 unspecified atom stereocenters. The van der Waals surface area contributed by atoms with E-state index in [1.807, 2.05) is 18.2 Å². The number of hydrogen-bond donors (Lipinski definition) is 0. The molecule has 2 rings (SSSR count). The number of unbranched alkanes of at least 4 members (excludes halogenated alkanes) is 1. The van der Waals surface area contributed by atoms with Crippen molar-refractivity contribution in [3.8, 4) is 0 Å². The first-order valence-electron chi connectivity index (χ1n) is 7.79. The maximum absolute atomic E-state index is 12.5. The Morgan fingerprint density at radius 1 is 1.00 bits per heavy atom. The number of hydrogen-bond acceptors (Lipinski definition) is 1. The van der Waals surface area contributed by atoms with Gasteiger partial charge < -0.3 is 0 Å². The standard InChI is InChI=1S/C20H24O/c1-4-5-10-17-11-7-12-18(13-17)20(21)14-19-15(2)8-6-9-16(19)3/h6-9,11-13H,4-5,10,14H2,1-3H3. The Labute approximate surface area is 128 Å². The minimum atomic E-state index is 0.214. The Bertz CT molecular complexity index is 605. The van der Waals surface area contributed by atoms with Crippen molar-refractivity contribution >= 4 is 5.78 Å². The third kappa shape index (κ3) is 4.04. The predicted molar refractivity (Wildman–Crippen MR) is 89.0 cm³/mol. The maximum Gasteiger partial charge on any atom is 0.167 e. The molecular formula is C20H24O. The number of rotatable bonds is 6. The van der Waals surface area contributed by atoms with Gasteiger partial charge in [-0.25, -0.2) is 0 Å². The molecule has 0 fully saturated rings. The minimum Gasteiger partial charge on any atom is -0.294 e. The molecule has 0 aliphatic rings. The number of benzene rings is 2. The van der Waals surface area contributed by atoms with Crippen LogP contribution in [0.5, 0.6) is 0 Å². The summed E-state index contributed by atoms with van der Waals surface area (Å²) in [6.07, 6.45) is 3.91. The fourth-order valence-electron chi connectivity index (χ4n) is 2.67. The van der Waals surface area contributed by atoms with Crippen LogP contribution in [-0.2, 0) is 12.8 Å². The van der Waals surface area contributed by atoms with E-state index in [-0.39, 0.29) is 5.78 Å². The fourth-order valence-corrected chi connectivity index (χ4v) is 2.67. The normalized spacial score (nSPS) is 10.6. The highest BCUT2D eigenvalue weighted by Gasteiger charge is 2.11. The lowest BCUT2D eigenvalue weighted by molar-refractivity contribution is 0.0992. The van der Waals surface area contributed by atoms with Crippen LogP contribution < -0.4 is 0 Å². The van der Waals surface area contributed by atoms with Crippen molar-refractivity contribution in [2.24, 2.45) is 0 Å². The molecule has 0 aromatic heterocycles. The van der Waals surface area contributed by atoms with Crippen molar-refractivity contribution in [2.75, 3.05) is 0 Å². The number of carbonyl (C=O) groups is 1. The van der Waals surface area contributed by atoms with E-state index in [0.29, 0.717) is 6.42 Å². The minimum absolute atomic E-state index is 0.214. The van der Waals surface area contributed by atoms with Crippen LogP contribution >= 0.6 is 0 Å². The Balaban J connectivity index is 2.17. The number of ketones is 1. The van der Waals surface area contributed by atoms with E-state index in [1.165, 1.54) is 35.1 Å². The van der Waals surface area contributed by atoms with Gasteiger partial charge >= 0.3 is 0 Å². The molecule has 0 radical (unpaired) electrons. The largest absolute Gasteiger partial charge is 0.294 e. The molecule has 0 N–H and O–H groups in total. The Hall–Kier alpha value is -1.89. The maximum atomic E-state index is 12.5. The lowest BCUT2D eigenvalue weighted by Gasteiger charge is -2.09. The molecule has 2 aromatic rings. The second-order valence-electron chi connectivity index (χ2n) is 5.77. The van der Waals surface area contributed by atoms with Gasteiger partial charge in [0.05, 0.1) is 0 Å². The Morgan fingerprint density at radius 2 is 1.67 bits per heavy atom. The first kappa shape index (κ1) is 15.5. The van der Waals surface area contributed by atoms with Crippen molar-refractivity contribution in [2.45, 2.75) is 46.5 Å². The highest BCUT2D eigenvalue weighted by atomic mass is 16.1. The first-order valence-corrected chi connectivity index (χ1v) is 7.79. The second kappa shape index (κ2) is 7.21. The van der Waals surface area contributed by atoms with Gasteiger partial charge in [0.1, 0.15) is 0 Å². The molecule has 0 amide bonds. The van der Waals surface area contributed by atoms with Gasteiger partial charge in [-0.15, -0.1) is 0 Å². The van der Waals surface area contributed by atoms with Crippen molar-refractivity contribution in [3.05, 3.63) is 70.3 Å². The molecule has 0 saturated carbocycles. The van der Waals surface area contributed by atoms with E-state index in [4.69, 9.17) is 0 Å². The zero-order valence-corrected chi connectivity index (χ0v) is 13.3. The highest BCUT2D eigenvalue weighted by Crippen LogP contribution is 2.17. The molecule has 0 saturated heterocycles. The van der Waals surface area contributed by atoms with Gasteiger partial charge in [-0.1, -0.05) is 49.7 Å². The van der Waals surface area contributed by atoms with Crippen molar-refractivity contribution in [1.82, 2.24) is 0 Å². The summed E-state index contributed by atoms with van der Waals surface area (Å²) in [5, 5.41) is 0. The van der Waals surface area contributed by atoms with Gasteiger partial charge in [0, 0.05) is 12.0 Å². The lowest BCUT2D eigenvalue weighted by Crippen LogP contribution is -2.07.